The summed E-state index contributed by atoms with van der Waals surface area (Å²) >= 11 is 0. The molecule has 0 aromatic rings. The van der Waals surface area contributed by atoms with Gasteiger partial charge in [-0.1, -0.05) is 40.0 Å². The molecule has 0 saturated carbocycles. The number of hydrogen-bond acceptors (Lipinski definition) is 1. The first kappa shape index (κ1) is 12.7. The predicted octanol–water partition coefficient (Wildman–Crippen LogP) is 3.96. The average molecular weight is 184 g/mol. The van der Waals surface area contributed by atoms with Crippen LogP contribution in [0, 0.1) is 5.92 Å². The van der Waals surface area contributed by atoms with Crippen molar-refractivity contribution in [2.24, 2.45) is 5.92 Å². The summed E-state index contributed by atoms with van der Waals surface area (Å²) in [4.78, 5) is 11.3. The van der Waals surface area contributed by atoms with Crippen LogP contribution in [-0.4, -0.2) is 5.78 Å². The summed E-state index contributed by atoms with van der Waals surface area (Å²) in [6.45, 7) is 6.58. The van der Waals surface area contributed by atoms with Crippen molar-refractivity contribution in [1.29, 1.82) is 0 Å². The second-order valence-electron chi connectivity index (χ2n) is 4.05. The van der Waals surface area contributed by atoms with E-state index in [1.54, 1.807) is 0 Å². The first-order chi connectivity index (χ1) is 6.20. The Morgan fingerprint density at radius 3 is 2.38 bits per heavy atom. The molecule has 0 radical (unpaired) electrons. The molecule has 78 valence electrons. The van der Waals surface area contributed by atoms with Gasteiger partial charge in [-0.05, 0) is 18.8 Å². The second kappa shape index (κ2) is 8.28. The molecule has 0 unspecified atom stereocenters. The zero-order valence-electron chi connectivity index (χ0n) is 9.44. The molecule has 0 spiro atoms. The Bertz CT molecular complexity index is 129. The molecular weight excluding hydrogens is 160 g/mol. The fourth-order valence-corrected chi connectivity index (χ4v) is 1.31. The summed E-state index contributed by atoms with van der Waals surface area (Å²) in [6, 6.07) is 0. The SMILES string of the molecule is CCCCCC(=O)CC[C@H](C)CC. The lowest BCUT2D eigenvalue weighted by Gasteiger charge is -2.06. The van der Waals surface area contributed by atoms with E-state index >= 15 is 0 Å². The highest BCUT2D eigenvalue weighted by Crippen LogP contribution is 2.11. The molecule has 0 heterocycles. The van der Waals surface area contributed by atoms with Gasteiger partial charge in [0.05, 0.1) is 0 Å². The number of hydrogen-bond donors (Lipinski definition) is 0. The Morgan fingerprint density at radius 1 is 1.15 bits per heavy atom. The summed E-state index contributed by atoms with van der Waals surface area (Å²) in [5.74, 6) is 1.18. The quantitative estimate of drug-likeness (QED) is 0.522. The predicted molar refractivity (Wildman–Crippen MR) is 57.8 cm³/mol. The van der Waals surface area contributed by atoms with Crippen molar-refractivity contribution in [2.45, 2.75) is 65.7 Å². The van der Waals surface area contributed by atoms with Crippen molar-refractivity contribution >= 4 is 5.78 Å². The highest BCUT2D eigenvalue weighted by molar-refractivity contribution is 5.78. The van der Waals surface area contributed by atoms with Crippen LogP contribution < -0.4 is 0 Å². The molecule has 0 aromatic carbocycles. The zero-order chi connectivity index (χ0) is 10.1. The van der Waals surface area contributed by atoms with Crippen LogP contribution in [-0.2, 0) is 4.79 Å². The number of Topliss-reactive ketones (excluding diaryl/α,β-unsaturated/α-hetero) is 1. The lowest BCUT2D eigenvalue weighted by molar-refractivity contribution is -0.119. The van der Waals surface area contributed by atoms with Crippen molar-refractivity contribution in [3.8, 4) is 0 Å². The fraction of sp³-hybridized carbons (Fsp3) is 0.917. The molecule has 0 aliphatic rings. The van der Waals surface area contributed by atoms with Gasteiger partial charge in [-0.25, -0.2) is 0 Å². The highest BCUT2D eigenvalue weighted by Gasteiger charge is 2.04. The molecule has 0 aliphatic carbocycles. The maximum absolute atomic E-state index is 11.3. The summed E-state index contributed by atoms with van der Waals surface area (Å²) in [5, 5.41) is 0. The van der Waals surface area contributed by atoms with Crippen LogP contribution >= 0.6 is 0 Å². The van der Waals surface area contributed by atoms with Crippen LogP contribution in [0.3, 0.4) is 0 Å². The minimum atomic E-state index is 0.466. The third kappa shape index (κ3) is 8.01. The lowest BCUT2D eigenvalue weighted by Crippen LogP contribution is -2.01. The van der Waals surface area contributed by atoms with E-state index in [2.05, 4.69) is 20.8 Å². The summed E-state index contributed by atoms with van der Waals surface area (Å²) in [7, 11) is 0. The van der Waals surface area contributed by atoms with Crippen LogP contribution in [0.25, 0.3) is 0 Å². The Hall–Kier alpha value is -0.330. The van der Waals surface area contributed by atoms with E-state index in [0.29, 0.717) is 5.78 Å². The molecule has 0 aliphatic heterocycles. The Balaban J connectivity index is 3.30. The van der Waals surface area contributed by atoms with Gasteiger partial charge in [-0.3, -0.25) is 4.79 Å². The van der Waals surface area contributed by atoms with E-state index < -0.39 is 0 Å². The molecule has 1 nitrogen and oxygen atoms in total. The normalized spacial score (nSPS) is 12.8. The number of carbonyl (C=O) groups excluding carboxylic acids is 1. The third-order valence-corrected chi connectivity index (χ3v) is 2.67. The number of rotatable bonds is 8. The van der Waals surface area contributed by atoms with Gasteiger partial charge in [0.2, 0.25) is 0 Å². The van der Waals surface area contributed by atoms with Crippen molar-refractivity contribution in [1.82, 2.24) is 0 Å². The molecule has 1 atom stereocenters. The van der Waals surface area contributed by atoms with E-state index in [9.17, 15) is 4.79 Å². The largest absolute Gasteiger partial charge is 0.300 e. The van der Waals surface area contributed by atoms with E-state index in [1.807, 2.05) is 0 Å². The molecule has 13 heavy (non-hydrogen) atoms. The Labute approximate surface area is 82.9 Å². The summed E-state index contributed by atoms with van der Waals surface area (Å²) in [6.07, 6.45) is 7.40. The van der Waals surface area contributed by atoms with Gasteiger partial charge >= 0.3 is 0 Å². The molecule has 0 N–H and O–H groups in total. The Kier molecular flexibility index (Phi) is 8.07. The lowest BCUT2D eigenvalue weighted by atomic mass is 9.99. The summed E-state index contributed by atoms with van der Waals surface area (Å²) < 4.78 is 0. The maximum Gasteiger partial charge on any atom is 0.132 e. The summed E-state index contributed by atoms with van der Waals surface area (Å²) in [5.41, 5.74) is 0. The van der Waals surface area contributed by atoms with Gasteiger partial charge in [0, 0.05) is 12.8 Å². The third-order valence-electron chi connectivity index (χ3n) is 2.67. The van der Waals surface area contributed by atoms with E-state index in [1.165, 1.54) is 19.3 Å². The van der Waals surface area contributed by atoms with Crippen molar-refractivity contribution in [3.63, 3.8) is 0 Å². The second-order valence-corrected chi connectivity index (χ2v) is 4.05. The van der Waals surface area contributed by atoms with Gasteiger partial charge in [-0.2, -0.15) is 0 Å². The average Bonchev–Trinajstić information content (AvgIpc) is 2.14. The van der Waals surface area contributed by atoms with Gasteiger partial charge in [-0.15, -0.1) is 0 Å². The van der Waals surface area contributed by atoms with Crippen LogP contribution in [0.4, 0.5) is 0 Å². The molecule has 0 bridgehead atoms. The molecular formula is C12H24O. The van der Waals surface area contributed by atoms with Crippen LogP contribution in [0.5, 0.6) is 0 Å². The molecule has 0 amide bonds. The minimum Gasteiger partial charge on any atom is -0.300 e. The van der Waals surface area contributed by atoms with Gasteiger partial charge in [0.25, 0.3) is 0 Å². The topological polar surface area (TPSA) is 17.1 Å². The van der Waals surface area contributed by atoms with Crippen LogP contribution in [0.15, 0.2) is 0 Å². The number of unbranched alkanes of at least 4 members (excludes halogenated alkanes) is 2. The highest BCUT2D eigenvalue weighted by atomic mass is 16.1. The smallest absolute Gasteiger partial charge is 0.132 e. The first-order valence-corrected chi connectivity index (χ1v) is 5.72. The van der Waals surface area contributed by atoms with Crippen LogP contribution in [0.2, 0.25) is 0 Å². The Morgan fingerprint density at radius 2 is 1.85 bits per heavy atom. The standard InChI is InChI=1S/C12H24O/c1-4-6-7-8-12(13)10-9-11(3)5-2/h11H,4-10H2,1-3H3/t11-/m1/s1. The molecule has 1 heteroatoms. The molecule has 0 rings (SSSR count). The fourth-order valence-electron chi connectivity index (χ4n) is 1.31. The van der Waals surface area contributed by atoms with Crippen LogP contribution in [0.1, 0.15) is 65.7 Å². The van der Waals surface area contributed by atoms with Crippen molar-refractivity contribution < 1.29 is 4.79 Å². The monoisotopic (exact) mass is 184 g/mol. The number of ketones is 1. The van der Waals surface area contributed by atoms with E-state index in [4.69, 9.17) is 0 Å². The molecule has 0 aromatic heterocycles. The van der Waals surface area contributed by atoms with Gasteiger partial charge < -0.3 is 0 Å². The first-order valence-electron chi connectivity index (χ1n) is 5.72. The molecule has 0 fully saturated rings. The zero-order valence-corrected chi connectivity index (χ0v) is 9.44. The van der Waals surface area contributed by atoms with Crippen molar-refractivity contribution in [2.75, 3.05) is 0 Å². The van der Waals surface area contributed by atoms with Gasteiger partial charge in [0.15, 0.2) is 0 Å². The number of carbonyl (C=O) groups is 1. The van der Waals surface area contributed by atoms with E-state index in [-0.39, 0.29) is 0 Å². The van der Waals surface area contributed by atoms with Gasteiger partial charge in [0.1, 0.15) is 5.78 Å². The minimum absolute atomic E-state index is 0.466. The van der Waals surface area contributed by atoms with E-state index in [0.717, 1.165) is 31.6 Å². The van der Waals surface area contributed by atoms with Crippen molar-refractivity contribution in [3.05, 3.63) is 0 Å². The molecule has 0 saturated heterocycles. The maximum atomic E-state index is 11.3.